The number of rotatable bonds is 3. The van der Waals surface area contributed by atoms with E-state index in [-0.39, 0.29) is 18.4 Å². The number of hydrogen-bond donors (Lipinski definition) is 0. The number of aromatic nitrogens is 1. The highest BCUT2D eigenvalue weighted by Crippen LogP contribution is 2.81. The molecule has 2 aromatic rings. The number of carbonyl (C=O) groups excluding carboxylic acids is 1. The summed E-state index contributed by atoms with van der Waals surface area (Å²) in [6.07, 6.45) is 3.53. The van der Waals surface area contributed by atoms with E-state index in [4.69, 9.17) is 4.74 Å². The molecule has 4 saturated carbocycles. The van der Waals surface area contributed by atoms with Crippen molar-refractivity contribution in [2.45, 2.75) is 32.1 Å². The van der Waals surface area contributed by atoms with Crippen LogP contribution in [0.4, 0.5) is 8.78 Å². The maximum absolute atomic E-state index is 14.7. The van der Waals surface area contributed by atoms with Gasteiger partial charge in [0.05, 0.1) is 16.5 Å². The van der Waals surface area contributed by atoms with Crippen LogP contribution in [0.5, 0.6) is 0 Å². The van der Waals surface area contributed by atoms with Crippen LogP contribution < -0.4 is 0 Å². The van der Waals surface area contributed by atoms with Crippen molar-refractivity contribution in [3.8, 4) is 0 Å². The predicted molar refractivity (Wildman–Crippen MR) is 88.5 cm³/mol. The minimum atomic E-state index is -2.70. The van der Waals surface area contributed by atoms with Crippen LogP contribution in [0.1, 0.15) is 35.2 Å². The second kappa shape index (κ2) is 4.77. The highest BCUT2D eigenvalue weighted by Gasteiger charge is 2.85. The van der Waals surface area contributed by atoms with E-state index in [0.29, 0.717) is 18.4 Å². The summed E-state index contributed by atoms with van der Waals surface area (Å²) in [6, 6.07) is 7.54. The minimum absolute atomic E-state index is 0.0242. The molecular weight excluding hydrogens is 324 g/mol. The molecule has 1 aromatic heterocycles. The molecule has 0 amide bonds. The Morgan fingerprint density at radius 3 is 2.80 bits per heavy atom. The quantitative estimate of drug-likeness (QED) is 0.776. The van der Waals surface area contributed by atoms with E-state index in [2.05, 4.69) is 4.98 Å². The highest BCUT2D eigenvalue weighted by atomic mass is 19.3. The first-order chi connectivity index (χ1) is 12.0. The molecule has 6 rings (SSSR count). The minimum Gasteiger partial charge on any atom is -0.461 e. The van der Waals surface area contributed by atoms with Gasteiger partial charge in [-0.1, -0.05) is 18.2 Å². The third-order valence-electron chi connectivity index (χ3n) is 6.90. The first-order valence-electron chi connectivity index (χ1n) is 8.86. The summed E-state index contributed by atoms with van der Waals surface area (Å²) in [5, 5.41) is 0.879. The second-order valence-electron chi connectivity index (χ2n) is 7.78. The zero-order valence-electron chi connectivity index (χ0n) is 14.0. The van der Waals surface area contributed by atoms with Gasteiger partial charge in [-0.15, -0.1) is 0 Å². The largest absolute Gasteiger partial charge is 0.461 e. The van der Waals surface area contributed by atoms with Gasteiger partial charge in [-0.3, -0.25) is 4.98 Å². The molecule has 4 aliphatic rings. The second-order valence-corrected chi connectivity index (χ2v) is 7.78. The Kier molecular flexibility index (Phi) is 2.91. The van der Waals surface area contributed by atoms with E-state index in [1.807, 2.05) is 31.2 Å². The molecule has 0 spiro atoms. The van der Waals surface area contributed by atoms with Crippen LogP contribution in [0.3, 0.4) is 0 Å². The molecule has 0 saturated heterocycles. The number of esters is 1. The van der Waals surface area contributed by atoms with Gasteiger partial charge in [0.2, 0.25) is 0 Å². The average molecular weight is 343 g/mol. The van der Waals surface area contributed by atoms with Crippen LogP contribution in [0.2, 0.25) is 0 Å². The fourth-order valence-electron chi connectivity index (χ4n) is 5.50. The molecule has 130 valence electrons. The Morgan fingerprint density at radius 1 is 1.28 bits per heavy atom. The van der Waals surface area contributed by atoms with Crippen molar-refractivity contribution in [1.82, 2.24) is 4.98 Å². The van der Waals surface area contributed by atoms with Crippen LogP contribution in [-0.2, 0) is 4.74 Å². The van der Waals surface area contributed by atoms with Crippen molar-refractivity contribution < 1.29 is 18.3 Å². The van der Waals surface area contributed by atoms with E-state index < -0.39 is 23.2 Å². The lowest BCUT2D eigenvalue weighted by Gasteiger charge is -2.35. The summed E-state index contributed by atoms with van der Waals surface area (Å²) in [4.78, 5) is 16.8. The number of pyridine rings is 1. The number of nitrogens with zero attached hydrogens (tertiary/aromatic N) is 1. The van der Waals surface area contributed by atoms with Gasteiger partial charge < -0.3 is 4.74 Å². The molecule has 4 atom stereocenters. The lowest BCUT2D eigenvalue weighted by Crippen LogP contribution is -2.42. The summed E-state index contributed by atoms with van der Waals surface area (Å²) < 4.78 is 34.7. The van der Waals surface area contributed by atoms with Crippen molar-refractivity contribution in [3.05, 3.63) is 41.6 Å². The molecule has 4 aliphatic carbocycles. The third-order valence-corrected chi connectivity index (χ3v) is 6.90. The summed E-state index contributed by atoms with van der Waals surface area (Å²) in [5.74, 6) is -3.71. The number of alkyl halides is 2. The molecular formula is C20H19F2NO2. The molecule has 1 heterocycles. The summed E-state index contributed by atoms with van der Waals surface area (Å²) in [6.45, 7) is 1.67. The van der Waals surface area contributed by atoms with Gasteiger partial charge in [-0.2, -0.15) is 0 Å². The zero-order chi connectivity index (χ0) is 17.4. The fraction of sp³-hybridized carbons (Fsp3) is 0.500. The number of halogens is 2. The molecule has 5 heteroatoms. The van der Waals surface area contributed by atoms with Gasteiger partial charge >= 0.3 is 5.97 Å². The van der Waals surface area contributed by atoms with E-state index in [1.165, 1.54) is 6.20 Å². The number of ether oxygens (including phenoxy) is 1. The summed E-state index contributed by atoms with van der Waals surface area (Å²) >= 11 is 0. The van der Waals surface area contributed by atoms with Gasteiger partial charge in [0.1, 0.15) is 6.61 Å². The Balaban J connectivity index is 1.40. The van der Waals surface area contributed by atoms with Gasteiger partial charge in [0, 0.05) is 17.5 Å². The summed E-state index contributed by atoms with van der Waals surface area (Å²) in [5.41, 5.74) is 0.847. The first-order valence-corrected chi connectivity index (χ1v) is 8.86. The molecule has 4 unspecified atom stereocenters. The van der Waals surface area contributed by atoms with E-state index in [9.17, 15) is 13.6 Å². The maximum atomic E-state index is 14.7. The van der Waals surface area contributed by atoms with Crippen molar-refractivity contribution in [2.24, 2.45) is 23.2 Å². The van der Waals surface area contributed by atoms with E-state index >= 15 is 0 Å². The Hall–Kier alpha value is -2.04. The van der Waals surface area contributed by atoms with Gasteiger partial charge in [-0.25, -0.2) is 13.6 Å². The number of aryl methyl sites for hydroxylation is 1. The van der Waals surface area contributed by atoms with Gasteiger partial charge in [0.25, 0.3) is 5.92 Å². The van der Waals surface area contributed by atoms with Crippen LogP contribution in [0, 0.1) is 30.1 Å². The normalized spacial score (nSPS) is 34.1. The molecule has 25 heavy (non-hydrogen) atoms. The summed E-state index contributed by atoms with van der Waals surface area (Å²) in [7, 11) is 0. The Labute approximate surface area is 144 Å². The number of para-hydroxylation sites is 1. The predicted octanol–water partition coefficient (Wildman–Crippen LogP) is 4.38. The molecule has 0 aliphatic heterocycles. The Bertz CT molecular complexity index is 890. The topological polar surface area (TPSA) is 39.2 Å². The maximum Gasteiger partial charge on any atom is 0.340 e. The Morgan fingerprint density at radius 2 is 2.08 bits per heavy atom. The monoisotopic (exact) mass is 343 g/mol. The lowest BCUT2D eigenvalue weighted by molar-refractivity contribution is -0.142. The van der Waals surface area contributed by atoms with Crippen molar-refractivity contribution in [1.29, 1.82) is 0 Å². The molecule has 0 radical (unpaired) electrons. The smallest absolute Gasteiger partial charge is 0.340 e. The number of carbonyl (C=O) groups is 1. The fourth-order valence-corrected chi connectivity index (χ4v) is 5.50. The van der Waals surface area contributed by atoms with Crippen molar-refractivity contribution >= 4 is 16.9 Å². The lowest BCUT2D eigenvalue weighted by atomic mass is 9.78. The van der Waals surface area contributed by atoms with Gasteiger partial charge in [-0.05, 0) is 49.7 Å². The van der Waals surface area contributed by atoms with Gasteiger partial charge in [0.15, 0.2) is 0 Å². The average Bonchev–Trinajstić information content (AvgIpc) is 3.23. The SMILES string of the molecule is Cc1c(C(=O)OCC23C4CCC(CC42)C3(F)F)cnc2ccccc12. The molecule has 4 fully saturated rings. The van der Waals surface area contributed by atoms with E-state index in [0.717, 1.165) is 22.9 Å². The molecule has 1 aromatic carbocycles. The molecule has 0 N–H and O–H groups in total. The first kappa shape index (κ1) is 15.2. The number of benzene rings is 1. The zero-order valence-corrected chi connectivity index (χ0v) is 14.0. The van der Waals surface area contributed by atoms with Crippen LogP contribution >= 0.6 is 0 Å². The standard InChI is InChI=1S/C20H19F2NO2/c1-11-13-4-2-3-5-17(13)23-9-14(11)18(24)25-10-19-15-7-6-12(8-16(15)19)20(19,21)22/h2-5,9,12,15-16H,6-8,10H2,1H3. The van der Waals surface area contributed by atoms with E-state index in [1.54, 1.807) is 0 Å². The molecule has 4 bridgehead atoms. The third kappa shape index (κ3) is 1.79. The van der Waals surface area contributed by atoms with Crippen LogP contribution in [0.15, 0.2) is 30.5 Å². The van der Waals surface area contributed by atoms with Crippen molar-refractivity contribution in [2.75, 3.05) is 6.61 Å². The highest BCUT2D eigenvalue weighted by molar-refractivity contribution is 5.96. The number of hydrogen-bond acceptors (Lipinski definition) is 3. The number of fused-ring (bicyclic) bond motifs is 2. The van der Waals surface area contributed by atoms with Crippen LogP contribution in [-0.4, -0.2) is 23.5 Å². The molecule has 3 nitrogen and oxygen atoms in total. The van der Waals surface area contributed by atoms with Crippen LogP contribution in [0.25, 0.3) is 10.9 Å². The van der Waals surface area contributed by atoms with Crippen molar-refractivity contribution in [3.63, 3.8) is 0 Å².